The van der Waals surface area contributed by atoms with Crippen LogP contribution in [0.2, 0.25) is 0 Å². The molecule has 0 fully saturated rings. The average molecular weight is 277 g/mol. The second-order valence-electron chi connectivity index (χ2n) is 3.67. The molecule has 100 valence electrons. The number of hydrogen-bond acceptors (Lipinski definition) is 5. The van der Waals surface area contributed by atoms with Gasteiger partial charge in [0.15, 0.2) is 0 Å². The lowest BCUT2D eigenvalue weighted by atomic mass is 10.2. The molecule has 0 aliphatic heterocycles. The largest absolute Gasteiger partial charge is 0.270 e. The van der Waals surface area contributed by atoms with E-state index in [9.17, 15) is 22.9 Å². The number of non-ortho nitro benzene ring substituents is 1. The predicted octanol–water partition coefficient (Wildman–Crippen LogP) is 0.819. The molecule has 1 rings (SSSR count). The van der Waals surface area contributed by atoms with Crippen LogP contribution in [-0.2, 0) is 16.7 Å². The molecule has 0 saturated heterocycles. The number of nitro groups is 1. The van der Waals surface area contributed by atoms with Crippen LogP contribution in [0.1, 0.15) is 5.56 Å². The van der Waals surface area contributed by atoms with E-state index in [2.05, 4.69) is 4.83 Å². The number of hydrogen-bond donors (Lipinski definition) is 1. The fourth-order valence-electron chi connectivity index (χ4n) is 1.31. The minimum absolute atomic E-state index is 0.130. The summed E-state index contributed by atoms with van der Waals surface area (Å²) in [5.41, 5.74) is -0.540. The molecule has 0 atom stereocenters. The standard InChI is InChI=1S/C9H12FN3O4S/c1-12(2)11-18(16,17)9-5-8(13(14)15)4-3-7(9)6-10/h3-5,11H,6H2,1-2H3. The summed E-state index contributed by atoms with van der Waals surface area (Å²) in [6, 6.07) is 2.98. The van der Waals surface area contributed by atoms with Crippen molar-refractivity contribution in [3.05, 3.63) is 33.9 Å². The van der Waals surface area contributed by atoms with E-state index in [1.165, 1.54) is 14.1 Å². The zero-order valence-corrected chi connectivity index (χ0v) is 10.6. The maximum Gasteiger partial charge on any atom is 0.270 e. The van der Waals surface area contributed by atoms with Gasteiger partial charge in [0.05, 0.1) is 9.82 Å². The minimum Gasteiger partial charge on any atom is -0.258 e. The molecule has 1 N–H and O–H groups in total. The van der Waals surface area contributed by atoms with Crippen molar-refractivity contribution in [2.75, 3.05) is 14.1 Å². The SMILES string of the molecule is CN(C)NS(=O)(=O)c1cc([N+](=O)[O-])ccc1CF. The van der Waals surface area contributed by atoms with Crippen molar-refractivity contribution in [1.82, 2.24) is 9.84 Å². The summed E-state index contributed by atoms with van der Waals surface area (Å²) in [6.07, 6.45) is 0. The number of sulfonamides is 1. The van der Waals surface area contributed by atoms with E-state index in [0.717, 1.165) is 23.2 Å². The summed E-state index contributed by atoms with van der Waals surface area (Å²) < 4.78 is 36.4. The Labute approximate surface area is 103 Å². The second kappa shape index (κ2) is 5.38. The fourth-order valence-corrected chi connectivity index (χ4v) is 2.63. The number of nitro benzene ring substituents is 1. The lowest BCUT2D eigenvalue weighted by molar-refractivity contribution is -0.385. The number of alkyl halides is 1. The molecule has 0 aliphatic rings. The molecule has 1 aromatic rings. The highest BCUT2D eigenvalue weighted by Gasteiger charge is 2.22. The Kier molecular flexibility index (Phi) is 4.33. The van der Waals surface area contributed by atoms with Crippen molar-refractivity contribution in [3.63, 3.8) is 0 Å². The Morgan fingerprint density at radius 3 is 2.50 bits per heavy atom. The first-order valence-corrected chi connectivity index (χ1v) is 6.29. The highest BCUT2D eigenvalue weighted by atomic mass is 32.2. The first-order valence-electron chi connectivity index (χ1n) is 4.81. The molecule has 0 radical (unpaired) electrons. The molecule has 0 bridgehead atoms. The first kappa shape index (κ1) is 14.5. The van der Waals surface area contributed by atoms with Gasteiger partial charge in [-0.3, -0.25) is 10.1 Å². The van der Waals surface area contributed by atoms with Gasteiger partial charge in [0.25, 0.3) is 15.7 Å². The molecular weight excluding hydrogens is 265 g/mol. The molecule has 0 aliphatic carbocycles. The minimum atomic E-state index is -4.03. The highest BCUT2D eigenvalue weighted by Crippen LogP contribution is 2.23. The zero-order valence-electron chi connectivity index (χ0n) is 9.75. The monoisotopic (exact) mass is 277 g/mol. The van der Waals surface area contributed by atoms with E-state index in [-0.39, 0.29) is 5.56 Å². The summed E-state index contributed by atoms with van der Waals surface area (Å²) >= 11 is 0. The van der Waals surface area contributed by atoms with Crippen LogP contribution >= 0.6 is 0 Å². The molecule has 0 spiro atoms. The van der Waals surface area contributed by atoms with Gasteiger partial charge in [-0.2, -0.15) is 0 Å². The van der Waals surface area contributed by atoms with Crippen LogP contribution in [0.15, 0.2) is 23.1 Å². The van der Waals surface area contributed by atoms with Gasteiger partial charge in [-0.05, 0) is 6.07 Å². The molecule has 18 heavy (non-hydrogen) atoms. The van der Waals surface area contributed by atoms with Crippen LogP contribution in [0.5, 0.6) is 0 Å². The van der Waals surface area contributed by atoms with Crippen LogP contribution in [0.4, 0.5) is 10.1 Å². The van der Waals surface area contributed by atoms with Crippen LogP contribution in [0.25, 0.3) is 0 Å². The van der Waals surface area contributed by atoms with Crippen LogP contribution in [0.3, 0.4) is 0 Å². The molecule has 1 aromatic carbocycles. The van der Waals surface area contributed by atoms with E-state index < -0.39 is 32.2 Å². The molecule has 0 amide bonds. The Balaban J connectivity index is 3.36. The summed E-state index contributed by atoms with van der Waals surface area (Å²) in [4.78, 5) is 11.5. The van der Waals surface area contributed by atoms with Crippen LogP contribution < -0.4 is 4.83 Å². The number of nitrogens with zero attached hydrogens (tertiary/aromatic N) is 2. The molecule has 0 unspecified atom stereocenters. The molecule has 0 aromatic heterocycles. The highest BCUT2D eigenvalue weighted by molar-refractivity contribution is 7.89. The topological polar surface area (TPSA) is 92.6 Å². The average Bonchev–Trinajstić information content (AvgIpc) is 2.26. The van der Waals surface area contributed by atoms with E-state index in [1.54, 1.807) is 0 Å². The lowest BCUT2D eigenvalue weighted by Gasteiger charge is -2.14. The Bertz CT molecular complexity index is 559. The van der Waals surface area contributed by atoms with E-state index in [0.29, 0.717) is 0 Å². The summed E-state index contributed by atoms with van der Waals surface area (Å²) in [5.74, 6) is 0. The molecule has 0 heterocycles. The molecule has 0 saturated carbocycles. The maximum absolute atomic E-state index is 12.7. The number of nitrogens with one attached hydrogen (secondary N) is 1. The summed E-state index contributed by atoms with van der Waals surface area (Å²) in [7, 11) is -1.16. The lowest BCUT2D eigenvalue weighted by Crippen LogP contribution is -2.36. The quantitative estimate of drug-likeness (QED) is 0.635. The van der Waals surface area contributed by atoms with Crippen LogP contribution in [0, 0.1) is 10.1 Å². The van der Waals surface area contributed by atoms with E-state index in [1.807, 2.05) is 0 Å². The van der Waals surface area contributed by atoms with E-state index in [4.69, 9.17) is 0 Å². The Morgan fingerprint density at radius 2 is 2.06 bits per heavy atom. The Hall–Kier alpha value is -1.58. The fraction of sp³-hybridized carbons (Fsp3) is 0.333. The summed E-state index contributed by atoms with van der Waals surface area (Å²) in [6.45, 7) is -1.03. The number of hydrazine groups is 1. The van der Waals surface area contributed by atoms with Crippen molar-refractivity contribution < 1.29 is 17.7 Å². The smallest absolute Gasteiger partial charge is 0.258 e. The number of halogens is 1. The normalized spacial score (nSPS) is 11.8. The Morgan fingerprint density at radius 1 is 1.44 bits per heavy atom. The third kappa shape index (κ3) is 3.22. The predicted molar refractivity (Wildman–Crippen MR) is 61.9 cm³/mol. The molecule has 7 nitrogen and oxygen atoms in total. The molecule has 9 heteroatoms. The molecular formula is C9H12FN3O4S. The van der Waals surface area contributed by atoms with Crippen molar-refractivity contribution in [1.29, 1.82) is 0 Å². The van der Waals surface area contributed by atoms with Crippen LogP contribution in [-0.4, -0.2) is 32.4 Å². The summed E-state index contributed by atoms with van der Waals surface area (Å²) in [5, 5.41) is 11.7. The van der Waals surface area contributed by atoms with Gasteiger partial charge in [-0.15, -0.1) is 4.83 Å². The van der Waals surface area contributed by atoms with Gasteiger partial charge in [-0.1, -0.05) is 0 Å². The first-order chi connectivity index (χ1) is 8.27. The zero-order chi connectivity index (χ0) is 13.9. The second-order valence-corrected chi connectivity index (χ2v) is 5.30. The van der Waals surface area contributed by atoms with Gasteiger partial charge < -0.3 is 0 Å². The van der Waals surface area contributed by atoms with Gasteiger partial charge in [0.1, 0.15) is 6.67 Å². The number of rotatable bonds is 5. The third-order valence-electron chi connectivity index (χ3n) is 2.00. The van der Waals surface area contributed by atoms with Crippen molar-refractivity contribution in [2.45, 2.75) is 11.6 Å². The van der Waals surface area contributed by atoms with Gasteiger partial charge >= 0.3 is 0 Å². The third-order valence-corrected chi connectivity index (χ3v) is 3.56. The van der Waals surface area contributed by atoms with Gasteiger partial charge in [-0.25, -0.2) is 17.8 Å². The maximum atomic E-state index is 12.7. The van der Waals surface area contributed by atoms with Gasteiger partial charge in [0.2, 0.25) is 0 Å². The number of benzene rings is 1. The van der Waals surface area contributed by atoms with Gasteiger partial charge in [0, 0.05) is 31.8 Å². The van der Waals surface area contributed by atoms with Crippen molar-refractivity contribution in [3.8, 4) is 0 Å². The van der Waals surface area contributed by atoms with Crippen molar-refractivity contribution >= 4 is 15.7 Å². The van der Waals surface area contributed by atoms with Crippen molar-refractivity contribution in [2.24, 2.45) is 0 Å². The van der Waals surface area contributed by atoms with E-state index >= 15 is 0 Å².